The van der Waals surface area contributed by atoms with Gasteiger partial charge < -0.3 is 5.32 Å². The average Bonchev–Trinajstić information content (AvgIpc) is 3.37. The van der Waals surface area contributed by atoms with Crippen molar-refractivity contribution in [3.05, 3.63) is 104 Å². The summed E-state index contributed by atoms with van der Waals surface area (Å²) in [5, 5.41) is 2.79. The highest BCUT2D eigenvalue weighted by Crippen LogP contribution is 2.53. The van der Waals surface area contributed by atoms with Crippen molar-refractivity contribution in [1.29, 1.82) is 0 Å². The summed E-state index contributed by atoms with van der Waals surface area (Å²) in [4.78, 5) is 59.1. The minimum absolute atomic E-state index is 0.310. The number of benzene rings is 2. The zero-order chi connectivity index (χ0) is 27.3. The van der Waals surface area contributed by atoms with Crippen LogP contribution in [0.3, 0.4) is 0 Å². The van der Waals surface area contributed by atoms with E-state index in [1.165, 1.54) is 33.7 Å². The number of nitrogens with one attached hydrogen (secondary N) is 1. The van der Waals surface area contributed by atoms with Gasteiger partial charge in [0.2, 0.25) is 17.7 Å². The van der Waals surface area contributed by atoms with E-state index >= 15 is 0 Å². The van der Waals surface area contributed by atoms with Gasteiger partial charge in [0.15, 0.2) is 0 Å². The second-order valence-corrected chi connectivity index (χ2v) is 11.6. The highest BCUT2D eigenvalue weighted by Gasteiger charge is 2.56. The van der Waals surface area contributed by atoms with E-state index in [4.69, 9.17) is 11.6 Å². The highest BCUT2D eigenvalue weighted by molar-refractivity contribution is 8.00. The summed E-state index contributed by atoms with van der Waals surface area (Å²) in [5.41, 5.74) is 1.49. The van der Waals surface area contributed by atoms with Gasteiger partial charge in [-0.2, -0.15) is 0 Å². The molecule has 1 N–H and O–H groups in total. The predicted octanol–water partition coefficient (Wildman–Crippen LogP) is 4.53. The first-order chi connectivity index (χ1) is 18.8. The summed E-state index contributed by atoms with van der Waals surface area (Å²) in [6, 6.07) is 15.3. The molecule has 0 radical (unpaired) electrons. The number of aromatic nitrogens is 2. The van der Waals surface area contributed by atoms with Gasteiger partial charge in [0.05, 0.1) is 16.6 Å². The first-order valence-corrected chi connectivity index (χ1v) is 13.9. The summed E-state index contributed by atoms with van der Waals surface area (Å²) < 4.78 is 14.6. The van der Waals surface area contributed by atoms with Crippen molar-refractivity contribution < 1.29 is 18.8 Å². The molecule has 0 spiro atoms. The number of imide groups is 1. The van der Waals surface area contributed by atoms with Gasteiger partial charge >= 0.3 is 4.87 Å². The van der Waals surface area contributed by atoms with Crippen molar-refractivity contribution in [3.63, 3.8) is 0 Å². The third-order valence-corrected chi connectivity index (χ3v) is 9.46. The van der Waals surface area contributed by atoms with Crippen LogP contribution in [0.1, 0.15) is 16.4 Å². The minimum Gasteiger partial charge on any atom is -0.325 e. The van der Waals surface area contributed by atoms with E-state index in [0.29, 0.717) is 31.9 Å². The quantitative estimate of drug-likeness (QED) is 0.348. The molecule has 0 bridgehead atoms. The normalized spacial score (nSPS) is 20.1. The lowest BCUT2D eigenvalue weighted by atomic mass is 9.84. The lowest BCUT2D eigenvalue weighted by molar-refractivity contribution is -0.122. The van der Waals surface area contributed by atoms with Crippen LogP contribution in [0.2, 0.25) is 5.02 Å². The molecule has 2 aliphatic heterocycles. The Morgan fingerprint density at radius 3 is 2.46 bits per heavy atom. The van der Waals surface area contributed by atoms with Gasteiger partial charge in [-0.25, -0.2) is 9.29 Å². The largest absolute Gasteiger partial charge is 0.325 e. The number of carbonyl (C=O) groups excluding carboxylic acids is 3. The van der Waals surface area contributed by atoms with Gasteiger partial charge in [0, 0.05) is 33.9 Å². The second-order valence-electron chi connectivity index (χ2n) is 9.00. The van der Waals surface area contributed by atoms with Gasteiger partial charge in [-0.3, -0.25) is 28.7 Å². The summed E-state index contributed by atoms with van der Waals surface area (Å²) in [5.74, 6) is -3.07. The number of halogens is 2. The molecule has 196 valence electrons. The fourth-order valence-corrected chi connectivity index (χ4v) is 7.80. The maximum atomic E-state index is 13.8. The molecule has 6 rings (SSSR count). The van der Waals surface area contributed by atoms with E-state index in [-0.39, 0.29) is 17.3 Å². The van der Waals surface area contributed by atoms with Crippen molar-refractivity contribution in [3.8, 4) is 0 Å². The predicted molar refractivity (Wildman–Crippen MR) is 147 cm³/mol. The number of rotatable bonds is 5. The molecule has 4 aromatic rings. The maximum Gasteiger partial charge on any atom is 0.308 e. The highest BCUT2D eigenvalue weighted by atomic mass is 35.5. The van der Waals surface area contributed by atoms with Crippen LogP contribution >= 0.6 is 34.7 Å². The molecule has 3 amide bonds. The number of carbonyl (C=O) groups is 3. The number of hydrogen-bond donors (Lipinski definition) is 1. The average molecular weight is 581 g/mol. The van der Waals surface area contributed by atoms with Crippen molar-refractivity contribution in [2.24, 2.45) is 5.92 Å². The van der Waals surface area contributed by atoms with Gasteiger partial charge in [-0.1, -0.05) is 40.8 Å². The van der Waals surface area contributed by atoms with Crippen LogP contribution in [0.5, 0.6) is 0 Å². The van der Waals surface area contributed by atoms with E-state index in [9.17, 15) is 23.6 Å². The van der Waals surface area contributed by atoms with E-state index < -0.39 is 34.7 Å². The molecular weight excluding hydrogens is 563 g/mol. The van der Waals surface area contributed by atoms with E-state index in [1.807, 2.05) is 6.07 Å². The third-order valence-electron chi connectivity index (χ3n) is 6.61. The van der Waals surface area contributed by atoms with Crippen LogP contribution < -0.4 is 15.1 Å². The Morgan fingerprint density at radius 2 is 1.77 bits per heavy atom. The fraction of sp³-hybridized carbons (Fsp3) is 0.148. The number of hydrogen-bond acceptors (Lipinski definition) is 7. The molecule has 0 saturated carbocycles. The standard InChI is InChI=1S/C27H18ClFN4O4S2/c28-15-3-9-18(10-4-15)33-24(35)21-20(14-2-1-11-30-12-14)23-26(38-22(21)25(33)36)32(27(37)39-23)13-19(34)31-17-7-5-16(29)6-8-17/h1-12,20-22H,13H2,(H,31,34)/t20-,21?,22?/m1/s1. The second kappa shape index (κ2) is 10.1. The molecule has 12 heteroatoms. The van der Waals surface area contributed by atoms with Crippen molar-refractivity contribution >= 4 is 63.8 Å². The summed E-state index contributed by atoms with van der Waals surface area (Å²) in [6.07, 6.45) is 3.23. The molecule has 8 nitrogen and oxygen atoms in total. The molecule has 3 atom stereocenters. The monoisotopic (exact) mass is 580 g/mol. The van der Waals surface area contributed by atoms with E-state index in [2.05, 4.69) is 10.3 Å². The van der Waals surface area contributed by atoms with Crippen LogP contribution in [0, 0.1) is 11.7 Å². The molecule has 2 aromatic carbocycles. The van der Waals surface area contributed by atoms with Crippen LogP contribution in [-0.2, 0) is 20.9 Å². The Bertz CT molecular complexity index is 1660. The SMILES string of the molecule is O=C(Cn1c2c(sc1=O)[C@H](c1cccnc1)C1C(=O)N(c3ccc(Cl)cc3)C(=O)C1S2)Nc1ccc(F)cc1. The summed E-state index contributed by atoms with van der Waals surface area (Å²) in [6.45, 7) is -0.310. The van der Waals surface area contributed by atoms with Gasteiger partial charge in [0.25, 0.3) is 0 Å². The van der Waals surface area contributed by atoms with E-state index in [0.717, 1.165) is 23.1 Å². The minimum atomic E-state index is -0.814. The Balaban J connectivity index is 1.39. The zero-order valence-electron chi connectivity index (χ0n) is 19.9. The van der Waals surface area contributed by atoms with Crippen molar-refractivity contribution in [2.45, 2.75) is 22.7 Å². The Morgan fingerprint density at radius 1 is 1.03 bits per heavy atom. The molecule has 2 aliphatic rings. The molecule has 2 unspecified atom stereocenters. The van der Waals surface area contributed by atoms with Gasteiger partial charge in [0.1, 0.15) is 17.6 Å². The maximum absolute atomic E-state index is 13.8. The Hall–Kier alpha value is -3.80. The first kappa shape index (κ1) is 25.5. The Labute approximate surface area is 234 Å². The fourth-order valence-electron chi connectivity index (χ4n) is 4.90. The third kappa shape index (κ3) is 4.56. The molecule has 0 aliphatic carbocycles. The van der Waals surface area contributed by atoms with Gasteiger partial charge in [-0.05, 0) is 60.2 Å². The number of thioether (sulfide) groups is 1. The lowest BCUT2D eigenvalue weighted by Gasteiger charge is -2.30. The van der Waals surface area contributed by atoms with Crippen LogP contribution in [0.4, 0.5) is 15.8 Å². The first-order valence-electron chi connectivity index (χ1n) is 11.8. The number of anilines is 2. The number of thiazole rings is 1. The van der Waals surface area contributed by atoms with Crippen LogP contribution in [-0.4, -0.2) is 32.5 Å². The topological polar surface area (TPSA) is 101 Å². The number of fused-ring (bicyclic) bond motifs is 2. The molecule has 2 aromatic heterocycles. The van der Waals surface area contributed by atoms with Crippen molar-refractivity contribution in [2.75, 3.05) is 10.2 Å². The number of amides is 3. The molecule has 1 saturated heterocycles. The summed E-state index contributed by atoms with van der Waals surface area (Å²) >= 11 is 8.09. The van der Waals surface area contributed by atoms with Crippen LogP contribution in [0.15, 0.2) is 82.9 Å². The molecule has 1 fully saturated rings. The Kier molecular flexibility index (Phi) is 6.57. The molecular formula is C27H18ClFN4O4S2. The molecule has 4 heterocycles. The smallest absolute Gasteiger partial charge is 0.308 e. The van der Waals surface area contributed by atoms with Crippen molar-refractivity contribution in [1.82, 2.24) is 9.55 Å². The summed E-state index contributed by atoms with van der Waals surface area (Å²) in [7, 11) is 0. The number of pyridine rings is 1. The zero-order valence-corrected chi connectivity index (χ0v) is 22.3. The van der Waals surface area contributed by atoms with Crippen LogP contribution in [0.25, 0.3) is 0 Å². The van der Waals surface area contributed by atoms with E-state index in [1.54, 1.807) is 42.7 Å². The number of nitrogens with zero attached hydrogens (tertiary/aromatic N) is 3. The van der Waals surface area contributed by atoms with Gasteiger partial charge in [-0.15, -0.1) is 0 Å². The lowest BCUT2D eigenvalue weighted by Crippen LogP contribution is -2.33. The molecule has 39 heavy (non-hydrogen) atoms.